The van der Waals surface area contributed by atoms with Crippen molar-refractivity contribution in [3.05, 3.63) is 47.9 Å². The van der Waals surface area contributed by atoms with Crippen LogP contribution in [0.25, 0.3) is 0 Å². The normalized spacial score (nSPS) is 24.1. The number of allylic oxidation sites excluding steroid dienone is 2. The Balaban J connectivity index is 1.63. The maximum atomic E-state index is 13.0. The van der Waals surface area contributed by atoms with Crippen molar-refractivity contribution in [2.75, 3.05) is 13.2 Å². The van der Waals surface area contributed by atoms with Crippen molar-refractivity contribution in [3.63, 3.8) is 0 Å². The molecule has 0 bridgehead atoms. The van der Waals surface area contributed by atoms with E-state index in [0.29, 0.717) is 17.4 Å². The summed E-state index contributed by atoms with van der Waals surface area (Å²) >= 11 is 0. The number of hydrogen-bond donors (Lipinski definition) is 4. The number of ether oxygens (including phenoxy) is 2. The van der Waals surface area contributed by atoms with Crippen molar-refractivity contribution in [2.24, 2.45) is 11.7 Å². The summed E-state index contributed by atoms with van der Waals surface area (Å²) in [5, 5.41) is 23.2. The van der Waals surface area contributed by atoms with Crippen LogP contribution in [-0.4, -0.2) is 52.1 Å². The number of nitrogens with one attached hydrogen (secondary N) is 1. The second-order valence-electron chi connectivity index (χ2n) is 8.30. The maximum Gasteiger partial charge on any atom is 0.337 e. The lowest BCUT2D eigenvalue weighted by atomic mass is 9.89. The number of hydrogen-bond acceptors (Lipinski definition) is 7. The maximum absolute atomic E-state index is 13.0. The van der Waals surface area contributed by atoms with E-state index in [2.05, 4.69) is 17.2 Å². The summed E-state index contributed by atoms with van der Waals surface area (Å²) in [5.41, 5.74) is 4.03. The first-order valence-corrected chi connectivity index (χ1v) is 10.5. The van der Waals surface area contributed by atoms with Crippen molar-refractivity contribution in [1.82, 2.24) is 10.3 Å². The molecule has 8 nitrogen and oxygen atoms in total. The van der Waals surface area contributed by atoms with E-state index in [9.17, 15) is 19.4 Å². The number of aliphatic carboxylic acids is 1. The van der Waals surface area contributed by atoms with E-state index in [0.717, 1.165) is 25.7 Å². The number of nitrogens with zero attached hydrogens (tertiary/aromatic N) is 1. The van der Waals surface area contributed by atoms with Gasteiger partial charge in [0.25, 0.3) is 0 Å². The number of carbonyl (C=O) groups is 1. The summed E-state index contributed by atoms with van der Waals surface area (Å²) < 4.78 is 24.5. The van der Waals surface area contributed by atoms with Crippen LogP contribution in [0, 0.1) is 5.92 Å². The van der Waals surface area contributed by atoms with Gasteiger partial charge >= 0.3 is 5.97 Å². The van der Waals surface area contributed by atoms with Crippen molar-refractivity contribution >= 4 is 5.97 Å². The molecule has 0 radical (unpaired) electrons. The van der Waals surface area contributed by atoms with Crippen LogP contribution in [0.2, 0.25) is 0 Å². The molecule has 0 amide bonds. The second kappa shape index (κ2) is 10.1. The van der Waals surface area contributed by atoms with Gasteiger partial charge in [0.2, 0.25) is 0 Å². The highest BCUT2D eigenvalue weighted by Crippen LogP contribution is 2.28. The Bertz CT molecular complexity index is 838. The lowest BCUT2D eigenvalue weighted by Gasteiger charge is -2.30. The highest BCUT2D eigenvalue weighted by atomic mass is 19.1. The molecule has 1 aromatic heterocycles. The summed E-state index contributed by atoms with van der Waals surface area (Å²) in [6.07, 6.45) is 8.13. The molecule has 0 aromatic carbocycles. The van der Waals surface area contributed by atoms with Crippen molar-refractivity contribution < 1.29 is 28.9 Å². The van der Waals surface area contributed by atoms with Gasteiger partial charge in [-0.15, -0.1) is 0 Å². The molecular formula is C22H30FN3O5. The first-order valence-electron chi connectivity index (χ1n) is 10.5. The molecule has 1 saturated carbocycles. The Hall–Kier alpha value is -2.65. The van der Waals surface area contributed by atoms with E-state index >= 15 is 0 Å². The van der Waals surface area contributed by atoms with E-state index in [-0.39, 0.29) is 37.4 Å². The van der Waals surface area contributed by atoms with Crippen LogP contribution < -0.4 is 15.8 Å². The van der Waals surface area contributed by atoms with Crippen LogP contribution >= 0.6 is 0 Å². The number of dihydropyridines is 1. The Morgan fingerprint density at radius 3 is 2.77 bits per heavy atom. The predicted molar refractivity (Wildman–Crippen MR) is 112 cm³/mol. The van der Waals surface area contributed by atoms with E-state index in [1.807, 2.05) is 0 Å². The molecule has 0 spiro atoms. The average molecular weight is 435 g/mol. The highest BCUT2D eigenvalue weighted by Gasteiger charge is 2.43. The predicted octanol–water partition coefficient (Wildman–Crippen LogP) is 2.04. The lowest BCUT2D eigenvalue weighted by Crippen LogP contribution is -2.57. The fourth-order valence-electron chi connectivity index (χ4n) is 3.68. The van der Waals surface area contributed by atoms with Gasteiger partial charge in [-0.25, -0.2) is 9.18 Å². The van der Waals surface area contributed by atoms with E-state index in [4.69, 9.17) is 15.2 Å². The summed E-state index contributed by atoms with van der Waals surface area (Å²) in [6, 6.07) is 2.10. The standard InChI is InChI=1S/C22H30FN3O5/c1-14-2-5-17(6-3-14)31-18-8-9-25-16(10-18)11-22(29,21(27)28)19(24)13-30-20-7-4-15(23)12-26-20/h4,7-10,14,17,19,26,29H,2-3,5-6,11-13,24H2,1H3,(H,27,28)/t14-,17-,19-,22+/m0/s1. The second-order valence-corrected chi connectivity index (χ2v) is 8.30. The zero-order valence-corrected chi connectivity index (χ0v) is 17.6. The first-order chi connectivity index (χ1) is 14.8. The minimum absolute atomic E-state index is 0.0269. The SMILES string of the molecule is C[C@H]1CC[C@H](Oc2ccnc(C[C@](O)(C(=O)O)[C@@H](N)COC3=CC=C(F)CN3)c2)CC1. The van der Waals surface area contributed by atoms with Gasteiger partial charge in [-0.3, -0.25) is 4.98 Å². The van der Waals surface area contributed by atoms with Gasteiger partial charge in [0, 0.05) is 30.5 Å². The molecule has 1 fully saturated rings. The van der Waals surface area contributed by atoms with Gasteiger partial charge in [-0.2, -0.15) is 0 Å². The fraction of sp³-hybridized carbons (Fsp3) is 0.545. The molecule has 2 heterocycles. The smallest absolute Gasteiger partial charge is 0.337 e. The van der Waals surface area contributed by atoms with Crippen molar-refractivity contribution in [3.8, 4) is 5.75 Å². The number of aliphatic hydroxyl groups is 1. The van der Waals surface area contributed by atoms with Crippen LogP contribution in [0.15, 0.2) is 42.2 Å². The highest BCUT2D eigenvalue weighted by molar-refractivity contribution is 5.78. The van der Waals surface area contributed by atoms with Gasteiger partial charge in [-0.05, 0) is 43.7 Å². The third kappa shape index (κ3) is 6.18. The van der Waals surface area contributed by atoms with Gasteiger partial charge < -0.3 is 30.7 Å². The molecule has 3 rings (SSSR count). The molecule has 2 atom stereocenters. The first kappa shape index (κ1) is 23.0. The third-order valence-electron chi connectivity index (χ3n) is 5.75. The summed E-state index contributed by atoms with van der Waals surface area (Å²) in [6.45, 7) is 1.92. The monoisotopic (exact) mass is 435 g/mol. The van der Waals surface area contributed by atoms with Crippen molar-refractivity contribution in [2.45, 2.75) is 56.8 Å². The third-order valence-corrected chi connectivity index (χ3v) is 5.75. The molecular weight excluding hydrogens is 405 g/mol. The van der Waals surface area contributed by atoms with E-state index in [1.54, 1.807) is 12.1 Å². The zero-order valence-electron chi connectivity index (χ0n) is 17.6. The van der Waals surface area contributed by atoms with Crippen LogP contribution in [-0.2, 0) is 16.0 Å². The van der Waals surface area contributed by atoms with Gasteiger partial charge in [-0.1, -0.05) is 6.92 Å². The van der Waals surface area contributed by atoms with Crippen molar-refractivity contribution in [1.29, 1.82) is 0 Å². The summed E-state index contributed by atoms with van der Waals surface area (Å²) in [4.78, 5) is 16.0. The molecule has 31 heavy (non-hydrogen) atoms. The molecule has 0 unspecified atom stereocenters. The molecule has 1 aliphatic heterocycles. The minimum atomic E-state index is -2.30. The quantitative estimate of drug-likeness (QED) is 0.464. The number of rotatable bonds is 9. The van der Waals surface area contributed by atoms with Crippen LogP contribution in [0.3, 0.4) is 0 Å². The Labute approximate surface area is 180 Å². The topological polar surface area (TPSA) is 127 Å². The molecule has 1 aromatic rings. The van der Waals surface area contributed by atoms with Crippen LogP contribution in [0.4, 0.5) is 4.39 Å². The molecule has 5 N–H and O–H groups in total. The average Bonchev–Trinajstić information content (AvgIpc) is 2.75. The molecule has 1 aliphatic carbocycles. The number of pyridine rings is 1. The number of halogens is 1. The van der Waals surface area contributed by atoms with E-state index in [1.165, 1.54) is 18.3 Å². The molecule has 0 saturated heterocycles. The Morgan fingerprint density at radius 1 is 1.39 bits per heavy atom. The molecule has 2 aliphatic rings. The Morgan fingerprint density at radius 2 is 2.13 bits per heavy atom. The molecule has 9 heteroatoms. The van der Waals surface area contributed by atoms with Gasteiger partial charge in [0.05, 0.1) is 18.7 Å². The van der Waals surface area contributed by atoms with E-state index < -0.39 is 17.6 Å². The van der Waals surface area contributed by atoms with Gasteiger partial charge in [0.1, 0.15) is 18.2 Å². The van der Waals surface area contributed by atoms with Gasteiger partial charge in [0.15, 0.2) is 11.5 Å². The summed E-state index contributed by atoms with van der Waals surface area (Å²) in [7, 11) is 0. The number of carboxylic acid groups (broad SMARTS) is 1. The van der Waals surface area contributed by atoms with Crippen LogP contribution in [0.1, 0.15) is 38.3 Å². The Kier molecular flexibility index (Phi) is 7.50. The molecule has 170 valence electrons. The van der Waals surface area contributed by atoms with Crippen LogP contribution in [0.5, 0.6) is 5.75 Å². The largest absolute Gasteiger partial charge is 0.490 e. The fourth-order valence-corrected chi connectivity index (χ4v) is 3.68. The number of carboxylic acids is 1. The summed E-state index contributed by atoms with van der Waals surface area (Å²) in [5.74, 6) is -0.284. The number of nitrogens with two attached hydrogens (primary N) is 1. The lowest BCUT2D eigenvalue weighted by molar-refractivity contribution is -0.162. The minimum Gasteiger partial charge on any atom is -0.490 e. The zero-order chi connectivity index (χ0) is 22.4. The number of aromatic nitrogens is 1.